The molecule has 0 aliphatic rings. The molecule has 1 rings (SSSR count). The van der Waals surface area contributed by atoms with Crippen LogP contribution in [0, 0.1) is 0 Å². The molecular formula is C32H56OS. The molecule has 0 N–H and O–H groups in total. The van der Waals surface area contributed by atoms with E-state index in [1.807, 2.05) is 30.3 Å². The number of unbranched alkanes of at least 4 members (excludes halogenated alkanes) is 18. The molecule has 0 fully saturated rings. The van der Waals surface area contributed by atoms with E-state index in [-0.39, 0.29) is 5.78 Å². The minimum Gasteiger partial charge on any atom is -0.293 e. The molecule has 0 radical (unpaired) electrons. The van der Waals surface area contributed by atoms with Crippen LogP contribution in [0.1, 0.15) is 165 Å². The second kappa shape index (κ2) is 21.5. The Kier molecular flexibility index (Phi) is 19.8. The van der Waals surface area contributed by atoms with Gasteiger partial charge in [0.2, 0.25) is 0 Å². The lowest BCUT2D eigenvalue weighted by Gasteiger charge is -2.27. The van der Waals surface area contributed by atoms with E-state index in [0.29, 0.717) is 0 Å². The van der Waals surface area contributed by atoms with E-state index in [4.69, 9.17) is 12.6 Å². The Hall–Kier alpha value is -0.760. The largest absolute Gasteiger partial charge is 0.293 e. The van der Waals surface area contributed by atoms with Crippen molar-refractivity contribution in [2.75, 3.05) is 0 Å². The van der Waals surface area contributed by atoms with Crippen molar-refractivity contribution in [3.05, 3.63) is 35.9 Å². The van der Waals surface area contributed by atoms with Gasteiger partial charge < -0.3 is 0 Å². The van der Waals surface area contributed by atoms with Crippen molar-refractivity contribution in [3.63, 3.8) is 0 Å². The van der Waals surface area contributed by atoms with Crippen molar-refractivity contribution in [2.45, 2.75) is 160 Å². The summed E-state index contributed by atoms with van der Waals surface area (Å²) in [7, 11) is 0. The van der Waals surface area contributed by atoms with Gasteiger partial charge >= 0.3 is 0 Å². The van der Waals surface area contributed by atoms with Crippen molar-refractivity contribution < 1.29 is 4.79 Å². The van der Waals surface area contributed by atoms with Gasteiger partial charge in [-0.15, -0.1) is 0 Å². The molecule has 0 bridgehead atoms. The lowest BCUT2D eigenvalue weighted by molar-refractivity contribution is 0.0929. The molecule has 0 aromatic heterocycles. The van der Waals surface area contributed by atoms with E-state index in [1.165, 1.54) is 116 Å². The zero-order valence-corrected chi connectivity index (χ0v) is 23.7. The van der Waals surface area contributed by atoms with Crippen LogP contribution in [0.4, 0.5) is 0 Å². The number of thiol groups is 1. The number of Topliss-reactive ketones (excluding diaryl/α,β-unsaturated/α-hetero) is 1. The first-order valence-electron chi connectivity index (χ1n) is 15.0. The molecule has 1 aromatic rings. The Morgan fingerprint density at radius 1 is 0.559 bits per heavy atom. The fourth-order valence-electron chi connectivity index (χ4n) is 5.02. The second-order valence-electron chi connectivity index (χ2n) is 10.6. The minimum atomic E-state index is -0.498. The zero-order valence-electron chi connectivity index (χ0n) is 22.8. The summed E-state index contributed by atoms with van der Waals surface area (Å²) in [5, 5.41) is 0. The normalized spacial score (nSPS) is 11.7. The Morgan fingerprint density at radius 3 is 1.24 bits per heavy atom. The Balaban J connectivity index is 2.32. The molecule has 1 aromatic carbocycles. The highest BCUT2D eigenvalue weighted by Gasteiger charge is 2.33. The van der Waals surface area contributed by atoms with Crippen LogP contribution in [-0.2, 0) is 0 Å². The third kappa shape index (κ3) is 15.3. The molecule has 0 saturated heterocycles. The number of ketones is 1. The quantitative estimate of drug-likeness (QED) is 0.0869. The molecule has 0 amide bonds. The molecule has 196 valence electrons. The van der Waals surface area contributed by atoms with Crippen LogP contribution in [0.3, 0.4) is 0 Å². The van der Waals surface area contributed by atoms with Gasteiger partial charge in [-0.25, -0.2) is 0 Å². The van der Waals surface area contributed by atoms with Crippen LogP contribution >= 0.6 is 12.6 Å². The highest BCUT2D eigenvalue weighted by molar-refractivity contribution is 7.82. The van der Waals surface area contributed by atoms with E-state index in [0.717, 1.165) is 31.2 Å². The van der Waals surface area contributed by atoms with E-state index in [2.05, 4.69) is 13.8 Å². The summed E-state index contributed by atoms with van der Waals surface area (Å²) in [6.07, 6.45) is 28.4. The monoisotopic (exact) mass is 488 g/mol. The van der Waals surface area contributed by atoms with Crippen LogP contribution in [0.2, 0.25) is 0 Å². The van der Waals surface area contributed by atoms with Gasteiger partial charge in [-0.2, -0.15) is 12.6 Å². The summed E-state index contributed by atoms with van der Waals surface area (Å²) in [4.78, 5) is 13.4. The molecule has 0 aliphatic heterocycles. The summed E-state index contributed by atoms with van der Waals surface area (Å²) in [5.41, 5.74) is 0.830. The number of rotatable bonds is 24. The van der Waals surface area contributed by atoms with Crippen molar-refractivity contribution in [1.82, 2.24) is 0 Å². The lowest BCUT2D eigenvalue weighted by Crippen LogP contribution is -2.33. The second-order valence-corrected chi connectivity index (χ2v) is 11.4. The molecule has 1 nitrogen and oxygen atoms in total. The lowest BCUT2D eigenvalue weighted by atomic mass is 9.86. The SMILES string of the molecule is CCCCCCCCCCCCC(S)(CCCCCCCCCCCC)C(=O)c1ccccc1. The summed E-state index contributed by atoms with van der Waals surface area (Å²) < 4.78 is -0.498. The number of carbonyl (C=O) groups is 1. The first-order valence-corrected chi connectivity index (χ1v) is 15.4. The summed E-state index contributed by atoms with van der Waals surface area (Å²) >= 11 is 5.06. The van der Waals surface area contributed by atoms with Gasteiger partial charge in [0.05, 0.1) is 4.75 Å². The van der Waals surface area contributed by atoms with Gasteiger partial charge in [0.1, 0.15) is 0 Å². The highest BCUT2D eigenvalue weighted by Crippen LogP contribution is 2.33. The van der Waals surface area contributed by atoms with Crippen molar-refractivity contribution in [1.29, 1.82) is 0 Å². The molecular weight excluding hydrogens is 432 g/mol. The van der Waals surface area contributed by atoms with Gasteiger partial charge in [-0.3, -0.25) is 4.79 Å². The zero-order chi connectivity index (χ0) is 24.7. The van der Waals surface area contributed by atoms with Gasteiger partial charge in [-0.1, -0.05) is 173 Å². The Morgan fingerprint density at radius 2 is 0.882 bits per heavy atom. The Labute approximate surface area is 218 Å². The fourth-order valence-corrected chi connectivity index (χ4v) is 5.47. The topological polar surface area (TPSA) is 17.1 Å². The van der Waals surface area contributed by atoms with E-state index in [1.54, 1.807) is 0 Å². The molecule has 2 heteroatoms. The number of carbonyl (C=O) groups excluding carboxylic acids is 1. The van der Waals surface area contributed by atoms with Crippen molar-refractivity contribution in [2.24, 2.45) is 0 Å². The minimum absolute atomic E-state index is 0.239. The van der Waals surface area contributed by atoms with Crippen molar-refractivity contribution >= 4 is 18.4 Å². The number of benzene rings is 1. The first-order chi connectivity index (χ1) is 16.6. The molecule has 0 aliphatic carbocycles. The van der Waals surface area contributed by atoms with Gasteiger partial charge in [0, 0.05) is 5.56 Å². The molecule has 0 saturated carbocycles. The van der Waals surface area contributed by atoms with Crippen LogP contribution < -0.4 is 0 Å². The summed E-state index contributed by atoms with van der Waals surface area (Å²) in [6.45, 7) is 4.56. The summed E-state index contributed by atoms with van der Waals surface area (Å²) in [6, 6.07) is 9.86. The van der Waals surface area contributed by atoms with E-state index >= 15 is 0 Å². The van der Waals surface area contributed by atoms with Crippen LogP contribution in [-0.4, -0.2) is 10.5 Å². The fraction of sp³-hybridized carbons (Fsp3) is 0.781. The van der Waals surface area contributed by atoms with E-state index in [9.17, 15) is 4.79 Å². The highest BCUT2D eigenvalue weighted by atomic mass is 32.1. The van der Waals surface area contributed by atoms with Crippen LogP contribution in [0.15, 0.2) is 30.3 Å². The van der Waals surface area contributed by atoms with Gasteiger partial charge in [0.25, 0.3) is 0 Å². The Bertz CT molecular complexity index is 558. The summed E-state index contributed by atoms with van der Waals surface area (Å²) in [5.74, 6) is 0.239. The molecule has 34 heavy (non-hydrogen) atoms. The third-order valence-electron chi connectivity index (χ3n) is 7.35. The maximum Gasteiger partial charge on any atom is 0.178 e. The maximum atomic E-state index is 13.4. The molecule has 0 heterocycles. The number of hydrogen-bond acceptors (Lipinski definition) is 2. The predicted octanol–water partition coefficient (Wildman–Crippen LogP) is 11.2. The molecule has 0 atom stereocenters. The average Bonchev–Trinajstić information content (AvgIpc) is 2.86. The van der Waals surface area contributed by atoms with Gasteiger partial charge in [-0.05, 0) is 12.8 Å². The predicted molar refractivity (Wildman–Crippen MR) is 155 cm³/mol. The average molecular weight is 489 g/mol. The molecule has 0 unspecified atom stereocenters. The van der Waals surface area contributed by atoms with Gasteiger partial charge in [0.15, 0.2) is 5.78 Å². The first kappa shape index (κ1) is 31.3. The third-order valence-corrected chi connectivity index (χ3v) is 8.00. The van der Waals surface area contributed by atoms with Crippen LogP contribution in [0.25, 0.3) is 0 Å². The number of hydrogen-bond donors (Lipinski definition) is 1. The smallest absolute Gasteiger partial charge is 0.178 e. The van der Waals surface area contributed by atoms with Crippen molar-refractivity contribution in [3.8, 4) is 0 Å². The maximum absolute atomic E-state index is 13.4. The van der Waals surface area contributed by atoms with Crippen LogP contribution in [0.5, 0.6) is 0 Å². The van der Waals surface area contributed by atoms with E-state index < -0.39 is 4.75 Å². The molecule has 0 spiro atoms. The standard InChI is InChI=1S/C32H56OS/c1-3-5-7-9-11-13-15-17-19-24-28-32(34,31(33)30-26-22-21-23-27-30)29-25-20-18-16-14-12-10-8-6-4-2/h21-23,26-27,34H,3-20,24-25,28-29H2,1-2H3.